The Hall–Kier alpha value is -0.990. The van der Waals surface area contributed by atoms with E-state index in [1.165, 1.54) is 12.1 Å². The van der Waals surface area contributed by atoms with Crippen LogP contribution in [0.15, 0.2) is 18.2 Å². The largest absolute Gasteiger partial charge is 0.416 e. The van der Waals surface area contributed by atoms with E-state index in [2.05, 4.69) is 0 Å². The molecule has 0 atom stereocenters. The molecule has 90 valence electrons. The van der Waals surface area contributed by atoms with Gasteiger partial charge in [-0.15, -0.1) is 0 Å². The van der Waals surface area contributed by atoms with E-state index in [1.54, 1.807) is 0 Å². The quantitative estimate of drug-likeness (QED) is 0.674. The maximum atomic E-state index is 12.7. The van der Waals surface area contributed by atoms with E-state index in [-0.39, 0.29) is 11.8 Å². The molecule has 0 amide bonds. The van der Waals surface area contributed by atoms with Crippen LogP contribution in [0, 0.1) is 0 Å². The first-order chi connectivity index (χ1) is 7.21. The first-order valence-electron chi connectivity index (χ1n) is 5.44. The fourth-order valence-electron chi connectivity index (χ4n) is 1.51. The average Bonchev–Trinajstić information content (AvgIpc) is 2.15. The molecule has 0 saturated carbocycles. The van der Waals surface area contributed by atoms with Gasteiger partial charge in [-0.3, -0.25) is 0 Å². The van der Waals surface area contributed by atoms with Gasteiger partial charge in [0.25, 0.3) is 0 Å². The van der Waals surface area contributed by atoms with Crippen molar-refractivity contribution in [1.29, 1.82) is 0 Å². The lowest BCUT2D eigenvalue weighted by Crippen LogP contribution is -2.07. The summed E-state index contributed by atoms with van der Waals surface area (Å²) in [5.41, 5.74) is 0.958. The van der Waals surface area contributed by atoms with E-state index in [0.29, 0.717) is 0 Å². The van der Waals surface area contributed by atoms with Gasteiger partial charge in [0.05, 0.1) is 5.56 Å². The highest BCUT2D eigenvalue weighted by Gasteiger charge is 2.31. The van der Waals surface area contributed by atoms with Crippen molar-refractivity contribution < 1.29 is 13.2 Å². The summed E-state index contributed by atoms with van der Waals surface area (Å²) < 4.78 is 38.0. The zero-order chi connectivity index (χ0) is 12.5. The van der Waals surface area contributed by atoms with Gasteiger partial charge in [-0.05, 0) is 35.1 Å². The number of hydrogen-bond donors (Lipinski definition) is 0. The molecule has 0 aliphatic heterocycles. The van der Waals surface area contributed by atoms with E-state index in [9.17, 15) is 13.2 Å². The fraction of sp³-hybridized carbons (Fsp3) is 0.538. The standard InChI is InChI=1S/C13H17F3/c1-8(2)10-5-11(9(3)4)7-12(6-10)13(14,15)16/h5-9H,1-4H3. The Kier molecular flexibility index (Phi) is 3.66. The van der Waals surface area contributed by atoms with Gasteiger partial charge in [-0.25, -0.2) is 0 Å². The van der Waals surface area contributed by atoms with Crippen LogP contribution in [0.2, 0.25) is 0 Å². The molecule has 1 rings (SSSR count). The van der Waals surface area contributed by atoms with Crippen molar-refractivity contribution in [3.8, 4) is 0 Å². The van der Waals surface area contributed by atoms with Gasteiger partial charge in [0.15, 0.2) is 0 Å². The van der Waals surface area contributed by atoms with Crippen LogP contribution in [-0.4, -0.2) is 0 Å². The van der Waals surface area contributed by atoms with Crippen molar-refractivity contribution in [1.82, 2.24) is 0 Å². The zero-order valence-corrected chi connectivity index (χ0v) is 10.0. The second-order valence-electron chi connectivity index (χ2n) is 4.70. The number of hydrogen-bond acceptors (Lipinski definition) is 0. The Balaban J connectivity index is 3.30. The summed E-state index contributed by atoms with van der Waals surface area (Å²) in [6.45, 7) is 7.61. The van der Waals surface area contributed by atoms with Crippen molar-refractivity contribution in [2.75, 3.05) is 0 Å². The van der Waals surface area contributed by atoms with E-state index >= 15 is 0 Å². The van der Waals surface area contributed by atoms with Crippen molar-refractivity contribution in [3.63, 3.8) is 0 Å². The van der Waals surface area contributed by atoms with Crippen LogP contribution in [0.3, 0.4) is 0 Å². The van der Waals surface area contributed by atoms with Crippen LogP contribution >= 0.6 is 0 Å². The number of benzene rings is 1. The first kappa shape index (κ1) is 13.1. The predicted octanol–water partition coefficient (Wildman–Crippen LogP) is 4.95. The predicted molar refractivity (Wildman–Crippen MR) is 59.6 cm³/mol. The summed E-state index contributed by atoms with van der Waals surface area (Å²) in [7, 11) is 0. The summed E-state index contributed by atoms with van der Waals surface area (Å²) in [6, 6.07) is 4.36. The van der Waals surface area contributed by atoms with Gasteiger partial charge in [0, 0.05) is 0 Å². The molecular formula is C13H17F3. The van der Waals surface area contributed by atoms with Crippen molar-refractivity contribution in [2.24, 2.45) is 0 Å². The Morgan fingerprint density at radius 1 is 0.812 bits per heavy atom. The lowest BCUT2D eigenvalue weighted by Gasteiger charge is -2.15. The van der Waals surface area contributed by atoms with Gasteiger partial charge >= 0.3 is 6.18 Å². The highest BCUT2D eigenvalue weighted by molar-refractivity contribution is 5.35. The van der Waals surface area contributed by atoms with E-state index in [4.69, 9.17) is 0 Å². The summed E-state index contributed by atoms with van der Waals surface area (Å²) in [6.07, 6.45) is -4.26. The molecule has 16 heavy (non-hydrogen) atoms. The molecule has 0 unspecified atom stereocenters. The van der Waals surface area contributed by atoms with Crippen LogP contribution in [-0.2, 0) is 6.18 Å². The molecule has 0 aliphatic rings. The van der Waals surface area contributed by atoms with Crippen molar-refractivity contribution >= 4 is 0 Å². The van der Waals surface area contributed by atoms with Crippen molar-refractivity contribution in [2.45, 2.75) is 45.7 Å². The summed E-state index contributed by atoms with van der Waals surface area (Å²) in [4.78, 5) is 0. The molecule has 0 N–H and O–H groups in total. The normalized spacial score (nSPS) is 12.6. The molecule has 0 spiro atoms. The molecule has 1 aromatic rings. The summed E-state index contributed by atoms with van der Waals surface area (Å²) in [5, 5.41) is 0. The smallest absolute Gasteiger partial charge is 0.166 e. The minimum absolute atomic E-state index is 0.111. The number of rotatable bonds is 2. The highest BCUT2D eigenvalue weighted by atomic mass is 19.4. The minimum Gasteiger partial charge on any atom is -0.166 e. The molecule has 1 aromatic carbocycles. The molecular weight excluding hydrogens is 213 g/mol. The van der Waals surface area contributed by atoms with Gasteiger partial charge in [-0.2, -0.15) is 13.2 Å². The van der Waals surface area contributed by atoms with E-state index in [1.807, 2.05) is 33.8 Å². The van der Waals surface area contributed by atoms with Crippen LogP contribution in [0.25, 0.3) is 0 Å². The molecule has 0 heterocycles. The monoisotopic (exact) mass is 230 g/mol. The Bertz CT molecular complexity index is 336. The minimum atomic E-state index is -4.26. The van der Waals surface area contributed by atoms with Crippen molar-refractivity contribution in [3.05, 3.63) is 34.9 Å². The van der Waals surface area contributed by atoms with E-state index in [0.717, 1.165) is 11.1 Å². The highest BCUT2D eigenvalue weighted by Crippen LogP contribution is 2.33. The molecule has 0 saturated heterocycles. The molecule has 3 heteroatoms. The van der Waals surface area contributed by atoms with Gasteiger partial charge in [0.1, 0.15) is 0 Å². The maximum absolute atomic E-state index is 12.7. The Morgan fingerprint density at radius 2 is 1.19 bits per heavy atom. The van der Waals surface area contributed by atoms with Gasteiger partial charge in [0.2, 0.25) is 0 Å². The topological polar surface area (TPSA) is 0 Å². The lowest BCUT2D eigenvalue weighted by molar-refractivity contribution is -0.137. The van der Waals surface area contributed by atoms with Crippen LogP contribution in [0.1, 0.15) is 56.2 Å². The number of alkyl halides is 3. The zero-order valence-electron chi connectivity index (χ0n) is 10.0. The average molecular weight is 230 g/mol. The Morgan fingerprint density at radius 3 is 1.44 bits per heavy atom. The maximum Gasteiger partial charge on any atom is 0.416 e. The SMILES string of the molecule is CC(C)c1cc(C(C)C)cc(C(F)(F)F)c1. The fourth-order valence-corrected chi connectivity index (χ4v) is 1.51. The third kappa shape index (κ3) is 3.00. The second kappa shape index (κ2) is 4.48. The van der Waals surface area contributed by atoms with Gasteiger partial charge < -0.3 is 0 Å². The summed E-state index contributed by atoms with van der Waals surface area (Å²) >= 11 is 0. The van der Waals surface area contributed by atoms with Crippen LogP contribution in [0.5, 0.6) is 0 Å². The molecule has 0 radical (unpaired) electrons. The lowest BCUT2D eigenvalue weighted by atomic mass is 9.93. The Labute approximate surface area is 94.5 Å². The molecule has 0 aliphatic carbocycles. The van der Waals surface area contributed by atoms with E-state index < -0.39 is 11.7 Å². The molecule has 0 bridgehead atoms. The summed E-state index contributed by atoms with van der Waals surface area (Å²) in [5.74, 6) is 0.222. The van der Waals surface area contributed by atoms with Gasteiger partial charge in [-0.1, -0.05) is 33.8 Å². The third-order valence-corrected chi connectivity index (χ3v) is 2.64. The first-order valence-corrected chi connectivity index (χ1v) is 5.44. The molecule has 0 fully saturated rings. The molecule has 0 nitrogen and oxygen atoms in total. The third-order valence-electron chi connectivity index (χ3n) is 2.64. The molecule has 0 aromatic heterocycles. The van der Waals surface area contributed by atoms with Crippen LogP contribution < -0.4 is 0 Å². The van der Waals surface area contributed by atoms with Crippen LogP contribution in [0.4, 0.5) is 13.2 Å². The number of halogens is 3. The second-order valence-corrected chi connectivity index (χ2v) is 4.70.